The van der Waals surface area contributed by atoms with Crippen molar-refractivity contribution in [3.8, 4) is 0 Å². The van der Waals surface area contributed by atoms with E-state index in [9.17, 15) is 0 Å². The van der Waals surface area contributed by atoms with E-state index in [4.69, 9.17) is 21.1 Å². The summed E-state index contributed by atoms with van der Waals surface area (Å²) in [4.78, 5) is 20.2. The molecular weight excluding hydrogens is 428 g/mol. The summed E-state index contributed by atoms with van der Waals surface area (Å²) in [7, 11) is 0. The molecule has 1 aliphatic carbocycles. The largest absolute Gasteiger partial charge is 0.452 e. The van der Waals surface area contributed by atoms with Gasteiger partial charge in [0.25, 0.3) is 0 Å². The lowest BCUT2D eigenvalue weighted by molar-refractivity contribution is 0.0259. The molecule has 1 saturated heterocycles. The number of aromatic nitrogens is 2. The molecule has 32 heavy (non-hydrogen) atoms. The lowest BCUT2D eigenvalue weighted by Gasteiger charge is -2.34. The van der Waals surface area contributed by atoms with Crippen molar-refractivity contribution >= 4 is 23.5 Å². The lowest BCUT2D eigenvalue weighted by atomic mass is 9.91. The van der Waals surface area contributed by atoms with Crippen LogP contribution < -0.4 is 5.32 Å². The lowest BCUT2D eigenvalue weighted by Crippen LogP contribution is -2.43. The van der Waals surface area contributed by atoms with Gasteiger partial charge in [-0.3, -0.25) is 4.90 Å². The van der Waals surface area contributed by atoms with E-state index < -0.39 is 0 Å². The number of allylic oxidation sites excluding steroid dienone is 1. The van der Waals surface area contributed by atoms with Gasteiger partial charge in [-0.15, -0.1) is 0 Å². The first-order valence-electron chi connectivity index (χ1n) is 11.1. The van der Waals surface area contributed by atoms with Crippen LogP contribution in [0.15, 0.2) is 63.0 Å². The number of nitrogens with one attached hydrogen (secondary N) is 1. The molecular formula is C23H27ClN6O2. The molecule has 1 N–H and O–H groups in total. The molecule has 8 nitrogen and oxygen atoms in total. The molecule has 5 rings (SSSR count). The van der Waals surface area contributed by atoms with Gasteiger partial charge in [-0.25, -0.2) is 15.0 Å². The number of ether oxygens (including phenoxy) is 2. The van der Waals surface area contributed by atoms with Gasteiger partial charge < -0.3 is 14.8 Å². The van der Waals surface area contributed by atoms with Crippen LogP contribution in [0.3, 0.4) is 0 Å². The van der Waals surface area contributed by atoms with Crippen LogP contribution in [0.1, 0.15) is 32.2 Å². The summed E-state index contributed by atoms with van der Waals surface area (Å²) < 4.78 is 11.4. The van der Waals surface area contributed by atoms with Crippen molar-refractivity contribution < 1.29 is 9.47 Å². The van der Waals surface area contributed by atoms with Crippen molar-refractivity contribution in [3.05, 3.63) is 58.8 Å². The Balaban J connectivity index is 1.28. The van der Waals surface area contributed by atoms with Crippen LogP contribution in [0.5, 0.6) is 0 Å². The number of amidine groups is 2. The van der Waals surface area contributed by atoms with E-state index >= 15 is 0 Å². The third kappa shape index (κ3) is 4.22. The Kier molecular flexibility index (Phi) is 6.08. The van der Waals surface area contributed by atoms with Crippen LogP contribution in [0.25, 0.3) is 0 Å². The quantitative estimate of drug-likeness (QED) is 0.753. The smallest absolute Gasteiger partial charge is 0.314 e. The van der Waals surface area contributed by atoms with Gasteiger partial charge in [0, 0.05) is 42.5 Å². The maximum atomic E-state index is 6.80. The van der Waals surface area contributed by atoms with Gasteiger partial charge in [-0.1, -0.05) is 36.8 Å². The normalized spacial score (nSPS) is 29.0. The van der Waals surface area contributed by atoms with Gasteiger partial charge >= 0.3 is 6.02 Å². The molecule has 0 radical (unpaired) electrons. The first-order chi connectivity index (χ1) is 15.6. The third-order valence-corrected chi connectivity index (χ3v) is 6.76. The topological polar surface area (TPSA) is 84.2 Å². The minimum absolute atomic E-state index is 0.00214. The summed E-state index contributed by atoms with van der Waals surface area (Å²) in [5.41, 5.74) is 2.00. The minimum Gasteiger partial charge on any atom is -0.452 e. The molecule has 3 aliphatic heterocycles. The summed E-state index contributed by atoms with van der Waals surface area (Å²) in [6.07, 6.45) is 10.7. The highest BCUT2D eigenvalue weighted by Gasteiger charge is 2.38. The summed E-state index contributed by atoms with van der Waals surface area (Å²) in [6.45, 7) is 7.51. The van der Waals surface area contributed by atoms with Gasteiger partial charge in [-0.2, -0.15) is 4.99 Å². The van der Waals surface area contributed by atoms with E-state index in [-0.39, 0.29) is 18.1 Å². The van der Waals surface area contributed by atoms with E-state index in [1.807, 2.05) is 6.92 Å². The fraction of sp³-hybridized carbons (Fsp3) is 0.478. The summed E-state index contributed by atoms with van der Waals surface area (Å²) in [5.74, 6) is 1.36. The fourth-order valence-electron chi connectivity index (χ4n) is 4.36. The number of hydrogen-bond acceptors (Lipinski definition) is 8. The molecule has 4 unspecified atom stereocenters. The number of morpholine rings is 1. The second-order valence-electron chi connectivity index (χ2n) is 8.33. The highest BCUT2D eigenvalue weighted by Crippen LogP contribution is 2.35. The molecule has 4 atom stereocenters. The fourth-order valence-corrected chi connectivity index (χ4v) is 4.63. The molecule has 4 heterocycles. The predicted octanol–water partition coefficient (Wildman–Crippen LogP) is 2.97. The molecule has 9 heteroatoms. The average Bonchev–Trinajstić information content (AvgIpc) is 3.25. The standard InChI is InChI=1S/C23H27ClN6O2/c1-14-18(24)20(16-4-6-17(7-5-16)30-10-12-31-13-11-30)27-22-19(14)28-23(29-22)32-15(2)21-25-8-3-9-26-21/h3-6,8-9,14-15,17,19H,7,10-13H2,1-2H3,(H,27,28,29). The van der Waals surface area contributed by atoms with E-state index in [2.05, 4.69) is 55.3 Å². The number of aliphatic imine (C=N–C) groups is 2. The number of nitrogens with zero attached hydrogens (tertiary/aromatic N) is 5. The highest BCUT2D eigenvalue weighted by molar-refractivity contribution is 6.31. The maximum Gasteiger partial charge on any atom is 0.314 e. The van der Waals surface area contributed by atoms with Crippen molar-refractivity contribution in [3.63, 3.8) is 0 Å². The van der Waals surface area contributed by atoms with Crippen molar-refractivity contribution in [1.29, 1.82) is 0 Å². The molecule has 168 valence electrons. The van der Waals surface area contributed by atoms with Crippen LogP contribution in [0.2, 0.25) is 0 Å². The van der Waals surface area contributed by atoms with Gasteiger partial charge in [0.2, 0.25) is 0 Å². The average molecular weight is 455 g/mol. The second kappa shape index (κ2) is 9.13. The molecule has 0 saturated carbocycles. The molecule has 0 amide bonds. The molecule has 0 spiro atoms. The maximum absolute atomic E-state index is 6.80. The predicted molar refractivity (Wildman–Crippen MR) is 123 cm³/mol. The van der Waals surface area contributed by atoms with E-state index in [1.54, 1.807) is 18.5 Å². The minimum atomic E-state index is -0.348. The van der Waals surface area contributed by atoms with E-state index in [1.165, 1.54) is 0 Å². The zero-order chi connectivity index (χ0) is 22.1. The van der Waals surface area contributed by atoms with Gasteiger partial charge in [-0.05, 0) is 25.0 Å². The van der Waals surface area contributed by atoms with Gasteiger partial charge in [0.05, 0.1) is 18.9 Å². The van der Waals surface area contributed by atoms with Gasteiger partial charge in [0.15, 0.2) is 11.9 Å². The van der Waals surface area contributed by atoms with Crippen LogP contribution >= 0.6 is 11.6 Å². The zero-order valence-electron chi connectivity index (χ0n) is 18.2. The molecule has 4 aliphatic rings. The highest BCUT2D eigenvalue weighted by atomic mass is 35.5. The Morgan fingerprint density at radius 3 is 2.75 bits per heavy atom. The molecule has 0 bridgehead atoms. The van der Waals surface area contributed by atoms with Crippen LogP contribution in [0.4, 0.5) is 0 Å². The second-order valence-corrected chi connectivity index (χ2v) is 8.73. The molecule has 1 fully saturated rings. The van der Waals surface area contributed by atoms with Crippen molar-refractivity contribution in [2.75, 3.05) is 26.3 Å². The zero-order valence-corrected chi connectivity index (χ0v) is 19.0. The monoisotopic (exact) mass is 454 g/mol. The summed E-state index contributed by atoms with van der Waals surface area (Å²) in [5, 5.41) is 4.18. The first-order valence-corrected chi connectivity index (χ1v) is 11.4. The number of rotatable bonds is 4. The Morgan fingerprint density at radius 1 is 1.25 bits per heavy atom. The van der Waals surface area contributed by atoms with Crippen molar-refractivity contribution in [2.24, 2.45) is 15.9 Å². The van der Waals surface area contributed by atoms with E-state index in [0.29, 0.717) is 17.9 Å². The molecule has 0 aromatic carbocycles. The Labute approximate surface area is 192 Å². The van der Waals surface area contributed by atoms with Crippen LogP contribution in [-0.4, -0.2) is 65.1 Å². The number of halogens is 1. The first kappa shape index (κ1) is 21.3. The van der Waals surface area contributed by atoms with Crippen LogP contribution in [0, 0.1) is 5.92 Å². The van der Waals surface area contributed by atoms with Gasteiger partial charge in [0.1, 0.15) is 11.9 Å². The van der Waals surface area contributed by atoms with Crippen molar-refractivity contribution in [1.82, 2.24) is 20.2 Å². The van der Waals surface area contributed by atoms with Crippen molar-refractivity contribution in [2.45, 2.75) is 38.5 Å². The molecule has 1 aromatic rings. The summed E-state index contributed by atoms with van der Waals surface area (Å²) >= 11 is 6.80. The third-order valence-electron chi connectivity index (χ3n) is 6.22. The molecule has 1 aromatic heterocycles. The summed E-state index contributed by atoms with van der Waals surface area (Å²) in [6, 6.07) is 2.33. The van der Waals surface area contributed by atoms with Crippen LogP contribution in [-0.2, 0) is 9.47 Å². The number of hydrogen-bond donors (Lipinski definition) is 1. The SMILES string of the molecule is CC(OC1=NC2C(=N1)NC(C1=CCC(N3CCOCC3)C=C1)=C(Cl)C2C)c1ncccn1. The van der Waals surface area contributed by atoms with E-state index in [0.717, 1.165) is 54.9 Å². The Hall–Kier alpha value is -2.55. The Morgan fingerprint density at radius 2 is 2.03 bits per heavy atom. The Bertz CT molecular complexity index is 1010. The number of fused-ring (bicyclic) bond motifs is 1.